The van der Waals surface area contributed by atoms with Crippen molar-refractivity contribution in [3.05, 3.63) is 76.5 Å². The number of ether oxygens (including phenoxy) is 2. The van der Waals surface area contributed by atoms with E-state index in [2.05, 4.69) is 22.4 Å². The highest BCUT2D eigenvalue weighted by molar-refractivity contribution is 8.15. The number of carbonyl (C=O) groups excluding carboxylic acids is 2. The van der Waals surface area contributed by atoms with Crippen LogP contribution >= 0.6 is 23.1 Å². The monoisotopic (exact) mass is 504 g/mol. The zero-order chi connectivity index (χ0) is 23.8. The first-order valence-electron chi connectivity index (χ1n) is 11.1. The molecule has 0 radical (unpaired) electrons. The number of carbonyl (C=O) groups is 2. The summed E-state index contributed by atoms with van der Waals surface area (Å²) in [6.07, 6.45) is 0.726. The number of nitrogens with zero attached hydrogens (tertiary/aromatic N) is 3. The van der Waals surface area contributed by atoms with Gasteiger partial charge in [-0.25, -0.2) is 5.01 Å². The van der Waals surface area contributed by atoms with E-state index < -0.39 is 5.25 Å². The number of hydrogen-bond acceptors (Lipinski definition) is 8. The lowest BCUT2D eigenvalue weighted by molar-refractivity contribution is -0.121. The second kappa shape index (κ2) is 9.20. The van der Waals surface area contributed by atoms with Crippen molar-refractivity contribution in [3.8, 4) is 11.5 Å². The number of amides is 2. The number of nitrogens with one attached hydrogen (secondary N) is 1. The second-order valence-corrected chi connectivity index (χ2v) is 10.3. The molecule has 0 fully saturated rings. The highest BCUT2D eigenvalue weighted by atomic mass is 32.2. The lowest BCUT2D eigenvalue weighted by Gasteiger charge is -2.23. The quantitative estimate of drug-likeness (QED) is 0.544. The van der Waals surface area contributed by atoms with Crippen molar-refractivity contribution < 1.29 is 19.1 Å². The molecule has 6 rings (SSSR count). The molecule has 0 saturated carbocycles. The third kappa shape index (κ3) is 4.42. The Bertz CT molecular complexity index is 1340. The summed E-state index contributed by atoms with van der Waals surface area (Å²) in [5, 5.41) is 11.5. The van der Waals surface area contributed by atoms with E-state index in [0.29, 0.717) is 28.8 Å². The summed E-state index contributed by atoms with van der Waals surface area (Å²) >= 11 is 2.93. The minimum Gasteiger partial charge on any atom is -0.454 e. The maximum atomic E-state index is 12.7. The number of hydrogen-bond donors (Lipinski definition) is 1. The second-order valence-electron chi connectivity index (χ2n) is 8.16. The van der Waals surface area contributed by atoms with Gasteiger partial charge in [-0.1, -0.05) is 48.2 Å². The Labute approximate surface area is 209 Å². The maximum Gasteiger partial charge on any atom is 0.262 e. The number of thiophene rings is 1. The van der Waals surface area contributed by atoms with Crippen molar-refractivity contribution in [2.75, 3.05) is 12.1 Å². The van der Waals surface area contributed by atoms with E-state index in [9.17, 15) is 9.59 Å². The maximum absolute atomic E-state index is 12.7. The standard InChI is InChI=1S/C25H20N4O4S2/c30-23(26-16-8-9-19-20(11-16)33-14-32-19)13-22-24(31)27-25(35-22)29-18(15-5-2-1-3-6-15)12-17(28-29)21-7-4-10-34-21/h1-11,18,22H,12-14H2,(H,26,30). The molecule has 3 aliphatic rings. The van der Waals surface area contributed by atoms with Gasteiger partial charge in [-0.15, -0.1) is 11.3 Å². The van der Waals surface area contributed by atoms with Crippen molar-refractivity contribution in [2.45, 2.75) is 24.1 Å². The van der Waals surface area contributed by atoms with Crippen LogP contribution in [0.1, 0.15) is 29.3 Å². The molecule has 3 aliphatic heterocycles. The normalized spacial score (nSPS) is 20.7. The summed E-state index contributed by atoms with van der Waals surface area (Å²) in [6.45, 7) is 0.164. The largest absolute Gasteiger partial charge is 0.454 e. The molecular formula is C25H20N4O4S2. The van der Waals surface area contributed by atoms with Gasteiger partial charge in [0.1, 0.15) is 5.25 Å². The van der Waals surface area contributed by atoms with E-state index in [1.54, 1.807) is 29.5 Å². The van der Waals surface area contributed by atoms with Crippen molar-refractivity contribution in [2.24, 2.45) is 10.1 Å². The molecule has 10 heteroatoms. The molecule has 2 unspecified atom stereocenters. The van der Waals surface area contributed by atoms with E-state index in [4.69, 9.17) is 14.6 Å². The molecule has 2 aromatic carbocycles. The van der Waals surface area contributed by atoms with Gasteiger partial charge in [-0.05, 0) is 29.1 Å². The average Bonchev–Trinajstić information content (AvgIpc) is 3.66. The molecule has 0 aliphatic carbocycles. The summed E-state index contributed by atoms with van der Waals surface area (Å²) in [6, 6.07) is 19.3. The van der Waals surface area contributed by atoms with Crippen LogP contribution in [0.25, 0.3) is 0 Å². The van der Waals surface area contributed by atoms with Gasteiger partial charge in [-0.3, -0.25) is 9.59 Å². The number of fused-ring (bicyclic) bond motifs is 1. The third-order valence-electron chi connectivity index (χ3n) is 5.85. The van der Waals surface area contributed by atoms with E-state index in [0.717, 1.165) is 16.2 Å². The van der Waals surface area contributed by atoms with Gasteiger partial charge in [0.2, 0.25) is 12.7 Å². The van der Waals surface area contributed by atoms with Crippen LogP contribution in [-0.2, 0) is 9.59 Å². The molecule has 2 atom stereocenters. The van der Waals surface area contributed by atoms with Crippen LogP contribution in [0.15, 0.2) is 76.1 Å². The van der Waals surface area contributed by atoms with Crippen LogP contribution in [0.3, 0.4) is 0 Å². The van der Waals surface area contributed by atoms with Gasteiger partial charge < -0.3 is 14.8 Å². The van der Waals surface area contributed by atoms with E-state index in [1.165, 1.54) is 11.8 Å². The van der Waals surface area contributed by atoms with Crippen LogP contribution in [-0.4, -0.2) is 39.7 Å². The predicted octanol–water partition coefficient (Wildman–Crippen LogP) is 4.65. The topological polar surface area (TPSA) is 92.6 Å². The molecule has 8 nitrogen and oxygen atoms in total. The fraction of sp³-hybridized carbons (Fsp3) is 0.200. The predicted molar refractivity (Wildman–Crippen MR) is 136 cm³/mol. The van der Waals surface area contributed by atoms with Crippen LogP contribution in [0.4, 0.5) is 5.69 Å². The van der Waals surface area contributed by atoms with Gasteiger partial charge in [0.15, 0.2) is 16.7 Å². The molecular weight excluding hydrogens is 484 g/mol. The summed E-state index contributed by atoms with van der Waals surface area (Å²) in [5.74, 6) is 0.635. The van der Waals surface area contributed by atoms with Crippen molar-refractivity contribution in [1.82, 2.24) is 5.01 Å². The van der Waals surface area contributed by atoms with Gasteiger partial charge in [0.25, 0.3) is 5.91 Å². The van der Waals surface area contributed by atoms with Gasteiger partial charge in [0.05, 0.1) is 16.6 Å². The van der Waals surface area contributed by atoms with Crippen molar-refractivity contribution in [1.29, 1.82) is 0 Å². The van der Waals surface area contributed by atoms with Crippen molar-refractivity contribution in [3.63, 3.8) is 0 Å². The summed E-state index contributed by atoms with van der Waals surface area (Å²) in [4.78, 5) is 30.8. The van der Waals surface area contributed by atoms with Crippen LogP contribution in [0, 0.1) is 0 Å². The molecule has 1 aromatic heterocycles. The highest BCUT2D eigenvalue weighted by Crippen LogP contribution is 2.39. The first kappa shape index (κ1) is 21.9. The van der Waals surface area contributed by atoms with Crippen LogP contribution in [0.2, 0.25) is 0 Å². The Hall–Kier alpha value is -3.63. The van der Waals surface area contributed by atoms with E-state index in [1.807, 2.05) is 40.7 Å². The van der Waals surface area contributed by atoms with Crippen LogP contribution in [0.5, 0.6) is 11.5 Å². The van der Waals surface area contributed by atoms with Gasteiger partial charge >= 0.3 is 0 Å². The molecule has 0 spiro atoms. The number of anilines is 1. The summed E-state index contributed by atoms with van der Waals surface area (Å²) in [7, 11) is 0. The highest BCUT2D eigenvalue weighted by Gasteiger charge is 2.39. The Balaban J connectivity index is 1.17. The number of benzene rings is 2. The molecule has 0 saturated heterocycles. The smallest absolute Gasteiger partial charge is 0.262 e. The molecule has 35 heavy (non-hydrogen) atoms. The first-order chi connectivity index (χ1) is 17.1. The number of rotatable bonds is 5. The zero-order valence-corrected chi connectivity index (χ0v) is 20.1. The Kier molecular flexibility index (Phi) is 5.75. The molecule has 1 N–H and O–H groups in total. The molecule has 176 valence electrons. The van der Waals surface area contributed by atoms with Gasteiger partial charge in [0, 0.05) is 24.6 Å². The number of aliphatic imine (C=N–C) groups is 1. The number of thioether (sulfide) groups is 1. The molecule has 2 amide bonds. The molecule has 4 heterocycles. The number of amidine groups is 1. The fourth-order valence-corrected chi connectivity index (χ4v) is 5.95. The first-order valence-corrected chi connectivity index (χ1v) is 12.8. The SMILES string of the molecule is O=C(CC1SC(N2N=C(c3cccs3)CC2c2ccccc2)=NC1=O)Nc1ccc2c(c1)OCO2. The minimum absolute atomic E-state index is 0.0102. The molecule has 3 aromatic rings. The summed E-state index contributed by atoms with van der Waals surface area (Å²) in [5.41, 5.74) is 2.65. The fourth-order valence-electron chi connectivity index (χ4n) is 4.17. The summed E-state index contributed by atoms with van der Waals surface area (Å²) < 4.78 is 10.7. The zero-order valence-electron chi connectivity index (χ0n) is 18.4. The lowest BCUT2D eigenvalue weighted by atomic mass is 10.0. The third-order valence-corrected chi connectivity index (χ3v) is 7.91. The lowest BCUT2D eigenvalue weighted by Crippen LogP contribution is -2.25. The molecule has 0 bridgehead atoms. The van der Waals surface area contributed by atoms with Gasteiger partial charge in [-0.2, -0.15) is 10.1 Å². The minimum atomic E-state index is -0.601. The number of hydrazone groups is 1. The van der Waals surface area contributed by atoms with E-state index >= 15 is 0 Å². The Morgan fingerprint density at radius 1 is 1.09 bits per heavy atom. The Morgan fingerprint density at radius 3 is 2.77 bits per heavy atom. The van der Waals surface area contributed by atoms with Crippen molar-refractivity contribution >= 4 is 51.5 Å². The van der Waals surface area contributed by atoms with Crippen LogP contribution < -0.4 is 14.8 Å². The van der Waals surface area contributed by atoms with E-state index in [-0.39, 0.29) is 31.1 Å². The average molecular weight is 505 g/mol. The Morgan fingerprint density at radius 2 is 1.94 bits per heavy atom.